The van der Waals surface area contributed by atoms with E-state index in [1.165, 1.54) is 19.2 Å². The van der Waals surface area contributed by atoms with Crippen molar-refractivity contribution >= 4 is 21.7 Å². The van der Waals surface area contributed by atoms with Gasteiger partial charge in [0, 0.05) is 5.69 Å². The van der Waals surface area contributed by atoms with E-state index >= 15 is 0 Å². The Kier molecular flexibility index (Phi) is 5.42. The maximum Gasteiger partial charge on any atom is 0.320 e. The quantitative estimate of drug-likeness (QED) is 0.695. The second-order valence-electron chi connectivity index (χ2n) is 5.13. The lowest BCUT2D eigenvalue weighted by atomic mass is 10.1. The Morgan fingerprint density at radius 1 is 1.17 bits per heavy atom. The molecule has 8 heteroatoms. The molecule has 0 amide bonds. The number of hydrogen-bond donors (Lipinski definition) is 3. The standard InChI is InChI=1S/C16H18N2O5S/c1-23-13-6-8-14(9-7-13)24(21,22)18-12-4-2-11(3-5-12)10-15(17)16(19)20/h2-9,15,18H,10,17H2,1H3,(H,19,20)/t15-/m0/s1. The zero-order chi connectivity index (χ0) is 17.7. The number of carboxylic acid groups (broad SMARTS) is 1. The number of nitrogens with two attached hydrogens (primary N) is 1. The molecule has 0 saturated heterocycles. The van der Waals surface area contributed by atoms with Crippen LogP contribution in [-0.2, 0) is 21.2 Å². The third-order valence-corrected chi connectivity index (χ3v) is 4.75. The van der Waals surface area contributed by atoms with Crippen molar-refractivity contribution in [1.82, 2.24) is 0 Å². The van der Waals surface area contributed by atoms with Crippen LogP contribution in [0.15, 0.2) is 53.4 Å². The van der Waals surface area contributed by atoms with Crippen LogP contribution in [0.5, 0.6) is 5.75 Å². The first-order chi connectivity index (χ1) is 11.3. The zero-order valence-electron chi connectivity index (χ0n) is 13.0. The van der Waals surface area contributed by atoms with Crippen LogP contribution in [0.4, 0.5) is 5.69 Å². The van der Waals surface area contributed by atoms with Crippen LogP contribution >= 0.6 is 0 Å². The highest BCUT2D eigenvalue weighted by Crippen LogP contribution is 2.19. The Balaban J connectivity index is 2.10. The molecule has 0 unspecified atom stereocenters. The fraction of sp³-hybridized carbons (Fsp3) is 0.188. The summed E-state index contributed by atoms with van der Waals surface area (Å²) in [4.78, 5) is 10.8. The van der Waals surface area contributed by atoms with Gasteiger partial charge in [-0.1, -0.05) is 12.1 Å². The van der Waals surface area contributed by atoms with Crippen molar-refractivity contribution < 1.29 is 23.1 Å². The molecule has 0 radical (unpaired) electrons. The molecule has 1 atom stereocenters. The van der Waals surface area contributed by atoms with Gasteiger partial charge in [0.25, 0.3) is 10.0 Å². The molecule has 0 bridgehead atoms. The van der Waals surface area contributed by atoms with E-state index in [1.807, 2.05) is 0 Å². The lowest BCUT2D eigenvalue weighted by molar-refractivity contribution is -0.138. The number of sulfonamides is 1. The Morgan fingerprint density at radius 3 is 2.25 bits per heavy atom. The smallest absolute Gasteiger partial charge is 0.320 e. The topological polar surface area (TPSA) is 119 Å². The monoisotopic (exact) mass is 350 g/mol. The van der Waals surface area contributed by atoms with Gasteiger partial charge in [-0.25, -0.2) is 8.42 Å². The van der Waals surface area contributed by atoms with Gasteiger partial charge in [-0.15, -0.1) is 0 Å². The first-order valence-electron chi connectivity index (χ1n) is 7.06. The Morgan fingerprint density at radius 2 is 1.75 bits per heavy atom. The van der Waals surface area contributed by atoms with Crippen molar-refractivity contribution in [3.05, 3.63) is 54.1 Å². The summed E-state index contributed by atoms with van der Waals surface area (Å²) >= 11 is 0. The van der Waals surface area contributed by atoms with Crippen LogP contribution in [0, 0.1) is 0 Å². The lowest BCUT2D eigenvalue weighted by Gasteiger charge is -2.10. The van der Waals surface area contributed by atoms with E-state index in [-0.39, 0.29) is 11.3 Å². The molecule has 0 aromatic heterocycles. The maximum absolute atomic E-state index is 12.3. The molecule has 0 fully saturated rings. The molecule has 24 heavy (non-hydrogen) atoms. The van der Waals surface area contributed by atoms with E-state index in [0.717, 1.165) is 0 Å². The van der Waals surface area contributed by atoms with E-state index in [9.17, 15) is 13.2 Å². The van der Waals surface area contributed by atoms with Crippen LogP contribution in [0.25, 0.3) is 0 Å². The van der Waals surface area contributed by atoms with Crippen molar-refractivity contribution in [1.29, 1.82) is 0 Å². The van der Waals surface area contributed by atoms with Gasteiger partial charge < -0.3 is 15.6 Å². The summed E-state index contributed by atoms with van der Waals surface area (Å²) in [5.41, 5.74) is 6.55. The van der Waals surface area contributed by atoms with E-state index in [0.29, 0.717) is 17.0 Å². The third-order valence-electron chi connectivity index (χ3n) is 3.35. The highest BCUT2D eigenvalue weighted by Gasteiger charge is 2.15. The number of nitrogens with one attached hydrogen (secondary N) is 1. The number of carbonyl (C=O) groups is 1. The summed E-state index contributed by atoms with van der Waals surface area (Å²) in [5, 5.41) is 8.79. The molecule has 2 aromatic rings. The first kappa shape index (κ1) is 17.8. The van der Waals surface area contributed by atoms with Crippen molar-refractivity contribution in [3.63, 3.8) is 0 Å². The average molecular weight is 350 g/mol. The molecule has 0 aliphatic rings. The molecule has 0 aliphatic carbocycles. The molecule has 2 aromatic carbocycles. The fourth-order valence-corrected chi connectivity index (χ4v) is 3.08. The molecule has 128 valence electrons. The van der Waals surface area contributed by atoms with Crippen molar-refractivity contribution in [3.8, 4) is 5.75 Å². The third kappa shape index (κ3) is 4.46. The van der Waals surface area contributed by atoms with Gasteiger partial charge in [0.15, 0.2) is 0 Å². The number of hydrogen-bond acceptors (Lipinski definition) is 5. The number of aliphatic carboxylic acids is 1. The predicted molar refractivity (Wildman–Crippen MR) is 89.6 cm³/mol. The van der Waals surface area contributed by atoms with Gasteiger partial charge in [-0.2, -0.15) is 0 Å². The minimum atomic E-state index is -3.71. The second kappa shape index (κ2) is 7.33. The van der Waals surface area contributed by atoms with Crippen molar-refractivity contribution in [2.75, 3.05) is 11.8 Å². The van der Waals surface area contributed by atoms with E-state index in [2.05, 4.69) is 4.72 Å². The van der Waals surface area contributed by atoms with Crippen molar-refractivity contribution in [2.24, 2.45) is 5.73 Å². The molecular weight excluding hydrogens is 332 g/mol. The minimum Gasteiger partial charge on any atom is -0.497 e. The fourth-order valence-electron chi connectivity index (χ4n) is 2.02. The van der Waals surface area contributed by atoms with Crippen LogP contribution in [-0.4, -0.2) is 32.6 Å². The number of anilines is 1. The van der Waals surface area contributed by atoms with Gasteiger partial charge in [-0.3, -0.25) is 9.52 Å². The minimum absolute atomic E-state index is 0.111. The van der Waals surface area contributed by atoms with Crippen LogP contribution in [0.3, 0.4) is 0 Å². The molecule has 2 rings (SSSR count). The summed E-state index contributed by atoms with van der Waals surface area (Å²) in [7, 11) is -2.21. The Bertz CT molecular complexity index is 801. The van der Waals surface area contributed by atoms with Gasteiger partial charge in [0.2, 0.25) is 0 Å². The number of ether oxygens (including phenoxy) is 1. The molecular formula is C16H18N2O5S. The van der Waals surface area contributed by atoms with Crippen LogP contribution in [0.2, 0.25) is 0 Å². The Labute approximate surface area is 140 Å². The molecule has 0 aliphatic heterocycles. The number of carboxylic acids is 1. The first-order valence-corrected chi connectivity index (χ1v) is 8.54. The summed E-state index contributed by atoms with van der Waals surface area (Å²) in [6, 6.07) is 11.4. The van der Waals surface area contributed by atoms with E-state index < -0.39 is 22.0 Å². The van der Waals surface area contributed by atoms with E-state index in [1.54, 1.807) is 36.4 Å². The normalized spacial score (nSPS) is 12.4. The molecule has 4 N–H and O–H groups in total. The maximum atomic E-state index is 12.3. The van der Waals surface area contributed by atoms with Gasteiger partial charge in [0.1, 0.15) is 11.8 Å². The predicted octanol–water partition coefficient (Wildman–Crippen LogP) is 1.45. The average Bonchev–Trinajstić information content (AvgIpc) is 2.56. The summed E-state index contributed by atoms with van der Waals surface area (Å²) in [5.74, 6) is -0.521. The van der Waals surface area contributed by atoms with Crippen LogP contribution in [0.1, 0.15) is 5.56 Å². The molecule has 7 nitrogen and oxygen atoms in total. The summed E-state index contributed by atoms with van der Waals surface area (Å²) < 4.78 is 32.1. The Hall–Kier alpha value is -2.58. The largest absolute Gasteiger partial charge is 0.497 e. The van der Waals surface area contributed by atoms with Crippen LogP contribution < -0.4 is 15.2 Å². The molecule has 0 saturated carbocycles. The second-order valence-corrected chi connectivity index (χ2v) is 6.81. The summed E-state index contributed by atoms with van der Waals surface area (Å²) in [6.07, 6.45) is 0.168. The SMILES string of the molecule is COc1ccc(S(=O)(=O)Nc2ccc(C[C@H](N)C(=O)O)cc2)cc1. The lowest BCUT2D eigenvalue weighted by Crippen LogP contribution is -2.32. The van der Waals surface area contributed by atoms with Gasteiger partial charge in [-0.05, 0) is 48.4 Å². The van der Waals surface area contributed by atoms with Gasteiger partial charge >= 0.3 is 5.97 Å². The van der Waals surface area contributed by atoms with E-state index in [4.69, 9.17) is 15.6 Å². The molecule has 0 spiro atoms. The van der Waals surface area contributed by atoms with Gasteiger partial charge in [0.05, 0.1) is 12.0 Å². The number of rotatable bonds is 7. The number of methoxy groups -OCH3 is 1. The zero-order valence-corrected chi connectivity index (χ0v) is 13.8. The number of benzene rings is 2. The highest BCUT2D eigenvalue weighted by atomic mass is 32.2. The highest BCUT2D eigenvalue weighted by molar-refractivity contribution is 7.92. The summed E-state index contributed by atoms with van der Waals surface area (Å²) in [6.45, 7) is 0. The molecule has 0 heterocycles. The van der Waals surface area contributed by atoms with Crippen molar-refractivity contribution in [2.45, 2.75) is 17.4 Å².